The van der Waals surface area contributed by atoms with Crippen molar-refractivity contribution in [2.45, 2.75) is 57.4 Å². The maximum Gasteiger partial charge on any atom is 0.335 e. The van der Waals surface area contributed by atoms with Crippen LogP contribution < -0.4 is 4.90 Å². The first kappa shape index (κ1) is 26.7. The normalized spacial score (nSPS) is 19.2. The van der Waals surface area contributed by atoms with Gasteiger partial charge in [0.2, 0.25) is 0 Å². The van der Waals surface area contributed by atoms with E-state index in [-0.39, 0.29) is 0 Å². The minimum Gasteiger partial charge on any atom is -0.478 e. The van der Waals surface area contributed by atoms with E-state index >= 15 is 0 Å². The van der Waals surface area contributed by atoms with Gasteiger partial charge in [-0.1, -0.05) is 36.9 Å². The van der Waals surface area contributed by atoms with Gasteiger partial charge in [-0.3, -0.25) is 0 Å². The second-order valence-corrected chi connectivity index (χ2v) is 12.1. The lowest BCUT2D eigenvalue weighted by molar-refractivity contribution is 0.0697. The number of piperidine rings is 1. The van der Waals surface area contributed by atoms with E-state index in [1.165, 1.54) is 72.8 Å². The Labute approximate surface area is 236 Å². The Kier molecular flexibility index (Phi) is 7.88. The average Bonchev–Trinajstić information content (AvgIpc) is 3.19. The summed E-state index contributed by atoms with van der Waals surface area (Å²) in [6.07, 6.45) is 8.59. The molecule has 208 valence electrons. The van der Waals surface area contributed by atoms with Crippen molar-refractivity contribution < 1.29 is 14.6 Å². The van der Waals surface area contributed by atoms with Crippen LogP contribution in [0.1, 0.15) is 66.8 Å². The summed E-state index contributed by atoms with van der Waals surface area (Å²) in [5.41, 5.74) is 6.51. The quantitative estimate of drug-likeness (QED) is 0.348. The minimum absolute atomic E-state index is 0.354. The Morgan fingerprint density at radius 1 is 0.974 bits per heavy atom. The van der Waals surface area contributed by atoms with Gasteiger partial charge in [-0.05, 0) is 86.5 Å². The number of ether oxygens (including phenoxy) is 1. The van der Waals surface area contributed by atoms with Gasteiger partial charge in [0.05, 0.1) is 11.3 Å². The summed E-state index contributed by atoms with van der Waals surface area (Å²) >= 11 is 6.62. The number of carboxylic acids is 1. The molecule has 0 unspecified atom stereocenters. The standard InChI is InChI=1S/C32H40ClN3O3/c1-39-21-22-11-13-34(14-12-22)15-16-35-17-18-36-29-19-24(32(37)38)7-9-26(29)30(23-5-3-2-4-6-23)31(36)27-10-8-25(33)20-28(27)35/h7-10,19-20,22-23H,2-6,11-18,21H2,1H3,(H,37,38). The SMILES string of the molecule is COCC1CCN(CCN2CCn3c(c(C4CCCCC4)c4ccc(C(=O)O)cc43)-c3ccc(Cl)cc32)CC1. The monoisotopic (exact) mass is 549 g/mol. The molecule has 39 heavy (non-hydrogen) atoms. The molecular weight excluding hydrogens is 510 g/mol. The van der Waals surface area contributed by atoms with E-state index in [0.717, 1.165) is 56.4 Å². The summed E-state index contributed by atoms with van der Waals surface area (Å²) in [7, 11) is 1.80. The van der Waals surface area contributed by atoms with E-state index < -0.39 is 5.97 Å². The molecule has 3 aliphatic rings. The van der Waals surface area contributed by atoms with Gasteiger partial charge in [0, 0.05) is 67.1 Å². The number of aromatic nitrogens is 1. The third-order valence-corrected chi connectivity index (χ3v) is 9.54. The highest BCUT2D eigenvalue weighted by molar-refractivity contribution is 6.31. The Hall–Kier alpha value is -2.54. The number of benzene rings is 2. The first-order valence-electron chi connectivity index (χ1n) is 14.7. The molecule has 3 heterocycles. The molecule has 7 heteroatoms. The second kappa shape index (κ2) is 11.5. The molecule has 1 N–H and O–H groups in total. The number of anilines is 1. The zero-order chi connectivity index (χ0) is 26.9. The van der Waals surface area contributed by atoms with Gasteiger partial charge in [-0.2, -0.15) is 0 Å². The molecule has 0 atom stereocenters. The van der Waals surface area contributed by atoms with Crippen LogP contribution in [0.4, 0.5) is 5.69 Å². The van der Waals surface area contributed by atoms with E-state index in [4.69, 9.17) is 16.3 Å². The molecule has 1 aliphatic carbocycles. The average molecular weight is 550 g/mol. The molecule has 0 radical (unpaired) electrons. The largest absolute Gasteiger partial charge is 0.478 e. The van der Waals surface area contributed by atoms with Gasteiger partial charge in [-0.15, -0.1) is 0 Å². The summed E-state index contributed by atoms with van der Waals surface area (Å²) < 4.78 is 7.80. The van der Waals surface area contributed by atoms with E-state index in [1.807, 2.05) is 12.1 Å². The fourth-order valence-corrected chi connectivity index (χ4v) is 7.42. The third kappa shape index (κ3) is 5.31. The summed E-state index contributed by atoms with van der Waals surface area (Å²) in [5.74, 6) is 0.303. The smallest absolute Gasteiger partial charge is 0.335 e. The lowest BCUT2D eigenvalue weighted by Gasteiger charge is -2.34. The van der Waals surface area contributed by atoms with Gasteiger partial charge < -0.3 is 24.2 Å². The van der Waals surface area contributed by atoms with Crippen LogP contribution in [-0.2, 0) is 11.3 Å². The fraction of sp³-hybridized carbons (Fsp3) is 0.531. The van der Waals surface area contributed by atoms with Crippen molar-refractivity contribution in [3.63, 3.8) is 0 Å². The number of nitrogens with zero attached hydrogens (tertiary/aromatic N) is 3. The zero-order valence-electron chi connectivity index (χ0n) is 23.0. The Morgan fingerprint density at radius 2 is 1.77 bits per heavy atom. The highest BCUT2D eigenvalue weighted by Gasteiger charge is 2.31. The Morgan fingerprint density at radius 3 is 2.51 bits per heavy atom. The highest BCUT2D eigenvalue weighted by Crippen LogP contribution is 2.47. The third-order valence-electron chi connectivity index (χ3n) is 9.31. The number of likely N-dealkylation sites (tertiary alicyclic amines) is 1. The predicted octanol–water partition coefficient (Wildman–Crippen LogP) is 6.89. The van der Waals surface area contributed by atoms with Crippen LogP contribution in [0.5, 0.6) is 0 Å². The molecule has 1 saturated carbocycles. The molecule has 0 amide bonds. The minimum atomic E-state index is -0.872. The molecule has 1 aromatic heterocycles. The Balaban J connectivity index is 1.38. The molecule has 2 aliphatic heterocycles. The first-order chi connectivity index (χ1) is 19.0. The van der Waals surface area contributed by atoms with Crippen molar-refractivity contribution in [1.82, 2.24) is 9.47 Å². The van der Waals surface area contributed by atoms with Crippen LogP contribution >= 0.6 is 11.6 Å². The van der Waals surface area contributed by atoms with Gasteiger partial charge in [0.15, 0.2) is 0 Å². The fourth-order valence-electron chi connectivity index (χ4n) is 7.25. The van der Waals surface area contributed by atoms with Crippen LogP contribution in [0.2, 0.25) is 5.02 Å². The lowest BCUT2D eigenvalue weighted by atomic mass is 9.81. The number of aromatic carboxylic acids is 1. The van der Waals surface area contributed by atoms with E-state index in [0.29, 0.717) is 17.4 Å². The number of fused-ring (bicyclic) bond motifs is 5. The van der Waals surface area contributed by atoms with Crippen LogP contribution in [0.3, 0.4) is 0 Å². The number of rotatable bonds is 7. The lowest BCUT2D eigenvalue weighted by Crippen LogP contribution is -2.41. The molecule has 2 aromatic carbocycles. The molecule has 3 aromatic rings. The van der Waals surface area contributed by atoms with Crippen LogP contribution in [-0.4, -0.2) is 67.0 Å². The van der Waals surface area contributed by atoms with Crippen molar-refractivity contribution in [2.75, 3.05) is 51.3 Å². The van der Waals surface area contributed by atoms with Gasteiger partial charge in [-0.25, -0.2) is 4.79 Å². The van der Waals surface area contributed by atoms with Gasteiger partial charge in [0.1, 0.15) is 0 Å². The number of methoxy groups -OCH3 is 1. The summed E-state index contributed by atoms with van der Waals surface area (Å²) in [6.45, 7) is 6.78. The molecular formula is C32H40ClN3O3. The molecule has 6 nitrogen and oxygen atoms in total. The summed E-state index contributed by atoms with van der Waals surface area (Å²) in [6, 6.07) is 12.1. The topological polar surface area (TPSA) is 57.9 Å². The molecule has 6 rings (SSSR count). The predicted molar refractivity (Wildman–Crippen MR) is 158 cm³/mol. The number of carboxylic acid groups (broad SMARTS) is 1. The van der Waals surface area contributed by atoms with E-state index in [2.05, 4.69) is 32.6 Å². The molecule has 2 fully saturated rings. The molecule has 0 spiro atoms. The zero-order valence-corrected chi connectivity index (χ0v) is 23.8. The number of hydrogen-bond acceptors (Lipinski definition) is 4. The first-order valence-corrected chi connectivity index (χ1v) is 15.1. The van der Waals surface area contributed by atoms with Gasteiger partial charge >= 0.3 is 5.97 Å². The van der Waals surface area contributed by atoms with Crippen LogP contribution in [0.15, 0.2) is 36.4 Å². The van der Waals surface area contributed by atoms with Crippen molar-refractivity contribution in [1.29, 1.82) is 0 Å². The maximum absolute atomic E-state index is 11.9. The number of carbonyl (C=O) groups is 1. The summed E-state index contributed by atoms with van der Waals surface area (Å²) in [5, 5.41) is 11.8. The van der Waals surface area contributed by atoms with Crippen molar-refractivity contribution in [2.24, 2.45) is 5.92 Å². The second-order valence-electron chi connectivity index (χ2n) is 11.7. The molecule has 0 bridgehead atoms. The van der Waals surface area contributed by atoms with Crippen molar-refractivity contribution in [3.05, 3.63) is 52.5 Å². The highest BCUT2D eigenvalue weighted by atomic mass is 35.5. The van der Waals surface area contributed by atoms with Crippen LogP contribution in [0.25, 0.3) is 22.2 Å². The van der Waals surface area contributed by atoms with Crippen LogP contribution in [0, 0.1) is 5.92 Å². The van der Waals surface area contributed by atoms with Crippen molar-refractivity contribution in [3.8, 4) is 11.3 Å². The maximum atomic E-state index is 11.9. The molecule has 1 saturated heterocycles. The van der Waals surface area contributed by atoms with Gasteiger partial charge in [0.25, 0.3) is 0 Å². The Bertz CT molecular complexity index is 1340. The van der Waals surface area contributed by atoms with E-state index in [1.54, 1.807) is 13.2 Å². The number of hydrogen-bond donors (Lipinski definition) is 1. The van der Waals surface area contributed by atoms with Crippen molar-refractivity contribution >= 4 is 34.2 Å². The number of halogens is 1. The van der Waals surface area contributed by atoms with E-state index in [9.17, 15) is 9.90 Å². The summed E-state index contributed by atoms with van der Waals surface area (Å²) in [4.78, 5) is 17.0.